The largest absolute Gasteiger partial charge is 0.463 e. The number of aryl methyl sites for hydroxylation is 1. The fourth-order valence-electron chi connectivity index (χ4n) is 2.70. The van der Waals surface area contributed by atoms with Crippen molar-refractivity contribution in [3.05, 3.63) is 46.7 Å². The minimum Gasteiger partial charge on any atom is -0.463 e. The van der Waals surface area contributed by atoms with Gasteiger partial charge in [-0.3, -0.25) is 0 Å². The zero-order chi connectivity index (χ0) is 17.5. The van der Waals surface area contributed by atoms with Gasteiger partial charge in [0.05, 0.1) is 31.5 Å². The molecule has 0 fully saturated rings. The van der Waals surface area contributed by atoms with Gasteiger partial charge in [0.1, 0.15) is 13.1 Å². The first-order valence-electron chi connectivity index (χ1n) is 8.36. The maximum Gasteiger partial charge on any atom is 0.337 e. The van der Waals surface area contributed by atoms with E-state index in [4.69, 9.17) is 4.74 Å². The van der Waals surface area contributed by atoms with Gasteiger partial charge in [0.15, 0.2) is 0 Å². The van der Waals surface area contributed by atoms with Crippen molar-refractivity contribution in [2.45, 2.75) is 26.8 Å². The molecule has 0 saturated heterocycles. The van der Waals surface area contributed by atoms with Gasteiger partial charge in [-0.2, -0.15) is 0 Å². The van der Waals surface area contributed by atoms with Crippen molar-refractivity contribution in [2.75, 3.05) is 26.7 Å². The Labute approximate surface area is 142 Å². The summed E-state index contributed by atoms with van der Waals surface area (Å²) in [6.07, 6.45) is 1.03. The Morgan fingerprint density at radius 2 is 1.83 bits per heavy atom. The lowest BCUT2D eigenvalue weighted by Crippen LogP contribution is -3.08. The SMILES string of the molecule is CCOC(=O)C1=C(C[NH+](C)Cc2ccc(CC)cc2)NC(=O)NC1. The average molecular weight is 332 g/mol. The Morgan fingerprint density at radius 3 is 2.46 bits per heavy atom. The summed E-state index contributed by atoms with van der Waals surface area (Å²) in [7, 11) is 2.04. The number of benzene rings is 1. The first-order valence-corrected chi connectivity index (χ1v) is 8.36. The van der Waals surface area contributed by atoms with Gasteiger partial charge in [0.25, 0.3) is 0 Å². The number of carbonyl (C=O) groups is 2. The monoisotopic (exact) mass is 332 g/mol. The lowest BCUT2D eigenvalue weighted by atomic mass is 10.1. The summed E-state index contributed by atoms with van der Waals surface area (Å²) < 4.78 is 5.07. The van der Waals surface area contributed by atoms with Crippen LogP contribution in [0.5, 0.6) is 0 Å². The number of quaternary nitrogens is 1. The molecule has 6 nitrogen and oxygen atoms in total. The van der Waals surface area contributed by atoms with Gasteiger partial charge in [-0.15, -0.1) is 0 Å². The molecule has 0 aliphatic carbocycles. The van der Waals surface area contributed by atoms with Gasteiger partial charge in [0.2, 0.25) is 0 Å². The minimum absolute atomic E-state index is 0.207. The zero-order valence-corrected chi connectivity index (χ0v) is 14.6. The standard InChI is InChI=1S/C18H25N3O3/c1-4-13-6-8-14(9-7-13)11-21(3)12-16-15(17(22)24-5-2)10-19-18(23)20-16/h6-9H,4-5,10-12H2,1-3H3,(H2,19,20,23)/p+1. The molecular weight excluding hydrogens is 306 g/mol. The summed E-state index contributed by atoms with van der Waals surface area (Å²) in [4.78, 5) is 24.8. The molecule has 1 unspecified atom stereocenters. The number of amides is 2. The third-order valence-electron chi connectivity index (χ3n) is 3.99. The Hall–Kier alpha value is -2.34. The van der Waals surface area contributed by atoms with Crippen LogP contribution in [0.2, 0.25) is 0 Å². The van der Waals surface area contributed by atoms with Crippen molar-refractivity contribution >= 4 is 12.0 Å². The van der Waals surface area contributed by atoms with E-state index in [1.165, 1.54) is 16.0 Å². The first kappa shape index (κ1) is 18.0. The van der Waals surface area contributed by atoms with Crippen molar-refractivity contribution < 1.29 is 19.2 Å². The lowest BCUT2D eigenvalue weighted by Gasteiger charge is -2.23. The number of likely N-dealkylation sites (N-methyl/N-ethyl adjacent to an activating group) is 1. The van der Waals surface area contributed by atoms with Gasteiger partial charge >= 0.3 is 12.0 Å². The van der Waals surface area contributed by atoms with E-state index in [0.717, 1.165) is 13.0 Å². The number of carbonyl (C=O) groups excluding carboxylic acids is 2. The molecule has 1 atom stereocenters. The lowest BCUT2D eigenvalue weighted by molar-refractivity contribution is -0.889. The molecule has 3 N–H and O–H groups in total. The van der Waals surface area contributed by atoms with Crippen LogP contribution >= 0.6 is 0 Å². The van der Waals surface area contributed by atoms with Crippen LogP contribution in [-0.2, 0) is 22.5 Å². The number of hydrogen-bond acceptors (Lipinski definition) is 3. The van der Waals surface area contributed by atoms with E-state index in [-0.39, 0.29) is 18.5 Å². The van der Waals surface area contributed by atoms with E-state index in [0.29, 0.717) is 24.4 Å². The third-order valence-corrected chi connectivity index (χ3v) is 3.99. The number of urea groups is 1. The highest BCUT2D eigenvalue weighted by molar-refractivity contribution is 5.93. The number of hydrogen-bond donors (Lipinski definition) is 3. The van der Waals surface area contributed by atoms with E-state index >= 15 is 0 Å². The van der Waals surface area contributed by atoms with Gasteiger partial charge in [-0.25, -0.2) is 9.59 Å². The molecule has 1 aromatic rings. The second kappa shape index (κ2) is 8.49. The molecular formula is C18H26N3O3+. The average Bonchev–Trinajstić information content (AvgIpc) is 2.55. The quantitative estimate of drug-likeness (QED) is 0.633. The highest BCUT2D eigenvalue weighted by Gasteiger charge is 2.25. The van der Waals surface area contributed by atoms with Crippen molar-refractivity contribution in [1.82, 2.24) is 10.6 Å². The van der Waals surface area contributed by atoms with E-state index in [1.807, 2.05) is 7.05 Å². The van der Waals surface area contributed by atoms with E-state index in [9.17, 15) is 9.59 Å². The second-order valence-corrected chi connectivity index (χ2v) is 5.97. The molecule has 24 heavy (non-hydrogen) atoms. The predicted octanol–water partition coefficient (Wildman–Crippen LogP) is 0.394. The minimum atomic E-state index is -0.375. The van der Waals surface area contributed by atoms with Crippen molar-refractivity contribution in [3.8, 4) is 0 Å². The highest BCUT2D eigenvalue weighted by atomic mass is 16.5. The number of rotatable bonds is 7. The Bertz CT molecular complexity index is 623. The molecule has 1 aromatic carbocycles. The van der Waals surface area contributed by atoms with Crippen LogP contribution in [0.4, 0.5) is 4.79 Å². The zero-order valence-electron chi connectivity index (χ0n) is 14.6. The summed E-state index contributed by atoms with van der Waals surface area (Å²) in [5, 5.41) is 5.37. The maximum atomic E-state index is 12.0. The van der Waals surface area contributed by atoms with Crippen molar-refractivity contribution in [2.24, 2.45) is 0 Å². The maximum absolute atomic E-state index is 12.0. The summed E-state index contributed by atoms with van der Waals surface area (Å²) in [6, 6.07) is 8.25. The Kier molecular flexibility index (Phi) is 6.37. The van der Waals surface area contributed by atoms with E-state index in [2.05, 4.69) is 41.8 Å². The molecule has 130 valence electrons. The van der Waals surface area contributed by atoms with Crippen LogP contribution in [0.25, 0.3) is 0 Å². The molecule has 2 amide bonds. The fraction of sp³-hybridized carbons (Fsp3) is 0.444. The van der Waals surface area contributed by atoms with Crippen LogP contribution in [0.15, 0.2) is 35.5 Å². The molecule has 1 aliphatic rings. The topological polar surface area (TPSA) is 71.9 Å². The molecule has 0 aromatic heterocycles. The Balaban J connectivity index is 2.06. The second-order valence-electron chi connectivity index (χ2n) is 5.97. The summed E-state index contributed by atoms with van der Waals surface area (Å²) in [5.41, 5.74) is 3.68. The van der Waals surface area contributed by atoms with E-state index in [1.54, 1.807) is 6.92 Å². The number of nitrogens with one attached hydrogen (secondary N) is 3. The third kappa shape index (κ3) is 4.83. The van der Waals surface area contributed by atoms with Gasteiger partial charge in [-0.05, 0) is 18.9 Å². The smallest absolute Gasteiger partial charge is 0.337 e. The fourth-order valence-corrected chi connectivity index (χ4v) is 2.70. The summed E-state index contributed by atoms with van der Waals surface area (Å²) >= 11 is 0. The van der Waals surface area contributed by atoms with E-state index < -0.39 is 0 Å². The molecule has 0 spiro atoms. The van der Waals surface area contributed by atoms with Crippen LogP contribution in [0.1, 0.15) is 25.0 Å². The molecule has 0 bridgehead atoms. The Morgan fingerprint density at radius 1 is 1.17 bits per heavy atom. The highest BCUT2D eigenvalue weighted by Crippen LogP contribution is 2.07. The molecule has 1 heterocycles. The van der Waals surface area contributed by atoms with Gasteiger partial charge in [-0.1, -0.05) is 31.2 Å². The predicted molar refractivity (Wildman–Crippen MR) is 91.5 cm³/mol. The van der Waals surface area contributed by atoms with Crippen LogP contribution < -0.4 is 15.5 Å². The molecule has 6 heteroatoms. The number of esters is 1. The van der Waals surface area contributed by atoms with Crippen LogP contribution in [0, 0.1) is 0 Å². The normalized spacial score (nSPS) is 15.5. The number of ether oxygens (including phenoxy) is 1. The first-order chi connectivity index (χ1) is 11.5. The van der Waals surface area contributed by atoms with Gasteiger partial charge < -0.3 is 20.3 Å². The van der Waals surface area contributed by atoms with Crippen molar-refractivity contribution in [3.63, 3.8) is 0 Å². The summed E-state index contributed by atoms with van der Waals surface area (Å²) in [6.45, 7) is 5.79. The van der Waals surface area contributed by atoms with Crippen LogP contribution in [-0.4, -0.2) is 38.7 Å². The molecule has 2 rings (SSSR count). The van der Waals surface area contributed by atoms with Crippen LogP contribution in [0.3, 0.4) is 0 Å². The molecule has 0 radical (unpaired) electrons. The van der Waals surface area contributed by atoms with Crippen molar-refractivity contribution in [1.29, 1.82) is 0 Å². The molecule has 0 saturated carbocycles. The summed E-state index contributed by atoms with van der Waals surface area (Å²) in [5.74, 6) is -0.375. The molecule has 1 aliphatic heterocycles. The van der Waals surface area contributed by atoms with Gasteiger partial charge in [0, 0.05) is 5.56 Å².